The second-order valence-electron chi connectivity index (χ2n) is 9.23. The van der Waals surface area contributed by atoms with Gasteiger partial charge in [-0.05, 0) is 19.2 Å². The summed E-state index contributed by atoms with van der Waals surface area (Å²) < 4.78 is 5.12. The summed E-state index contributed by atoms with van der Waals surface area (Å²) in [5.74, 6) is 2.52. The first-order valence-electron chi connectivity index (χ1n) is 10.3. The van der Waals surface area contributed by atoms with Gasteiger partial charge < -0.3 is 9.47 Å². The Morgan fingerprint density at radius 3 is 2.61 bits per heavy atom. The summed E-state index contributed by atoms with van der Waals surface area (Å²) in [7, 11) is 3.78. The number of anilines is 1. The number of hydrogen-bond acceptors (Lipinski definition) is 8. The fraction of sp³-hybridized carbons (Fsp3) is 0.500. The van der Waals surface area contributed by atoms with Crippen LogP contribution in [0.2, 0.25) is 0 Å². The first-order chi connectivity index (χ1) is 14.7. The molecule has 0 spiro atoms. The van der Waals surface area contributed by atoms with Crippen LogP contribution >= 0.6 is 0 Å². The molecule has 0 unspecified atom stereocenters. The van der Waals surface area contributed by atoms with Gasteiger partial charge in [-0.2, -0.15) is 4.52 Å². The minimum atomic E-state index is -0.149. The summed E-state index contributed by atoms with van der Waals surface area (Å²) in [5.41, 5.74) is 0.825. The van der Waals surface area contributed by atoms with Gasteiger partial charge in [-0.3, -0.25) is 14.1 Å². The Bertz CT molecular complexity index is 1320. The lowest BCUT2D eigenvalue weighted by atomic mass is 9.96. The maximum Gasteiger partial charge on any atom is 0.295 e. The van der Waals surface area contributed by atoms with E-state index in [-0.39, 0.29) is 11.0 Å². The van der Waals surface area contributed by atoms with Crippen molar-refractivity contribution in [3.63, 3.8) is 0 Å². The van der Waals surface area contributed by atoms with Crippen LogP contribution in [0.15, 0.2) is 29.3 Å². The SMILES string of the molecule is CN(Cc1nnc2c(=O)n(C)ccn12)C1CN(c2ccc3nnc(C(C)(C)C)n3n2)C1. The molecule has 11 nitrogen and oxygen atoms in total. The molecular formula is C20H26N10O. The molecular weight excluding hydrogens is 396 g/mol. The second-order valence-corrected chi connectivity index (χ2v) is 9.23. The van der Waals surface area contributed by atoms with E-state index in [1.54, 1.807) is 17.6 Å². The Kier molecular flexibility index (Phi) is 4.33. The van der Waals surface area contributed by atoms with Gasteiger partial charge in [0.25, 0.3) is 5.56 Å². The Labute approximate surface area is 178 Å². The number of nitrogens with zero attached hydrogens (tertiary/aromatic N) is 10. The normalized spacial score (nSPS) is 15.4. The highest BCUT2D eigenvalue weighted by Crippen LogP contribution is 2.25. The fourth-order valence-corrected chi connectivity index (χ4v) is 3.81. The Morgan fingerprint density at radius 1 is 1.10 bits per heavy atom. The van der Waals surface area contributed by atoms with Crippen LogP contribution in [0.4, 0.5) is 5.82 Å². The molecule has 162 valence electrons. The van der Waals surface area contributed by atoms with Crippen LogP contribution in [-0.2, 0) is 19.0 Å². The van der Waals surface area contributed by atoms with E-state index in [0.29, 0.717) is 18.2 Å². The maximum absolute atomic E-state index is 12.2. The molecule has 0 atom stereocenters. The quantitative estimate of drug-likeness (QED) is 0.468. The molecule has 0 aliphatic carbocycles. The molecule has 1 fully saturated rings. The molecule has 0 bridgehead atoms. The number of likely N-dealkylation sites (N-methyl/N-ethyl adjacent to an activating group) is 1. The maximum atomic E-state index is 12.2. The summed E-state index contributed by atoms with van der Waals surface area (Å²) in [6, 6.07) is 4.32. The van der Waals surface area contributed by atoms with Crippen molar-refractivity contribution in [2.45, 2.75) is 38.8 Å². The van der Waals surface area contributed by atoms with Crippen LogP contribution in [0.5, 0.6) is 0 Å². The standard InChI is InChI=1S/C20H26N10O/c1-20(2,3)19-24-21-14-6-7-15(25-30(14)19)28-10-13(11-28)27(5)12-16-22-23-17-18(31)26(4)8-9-29(16)17/h6-9,13H,10-12H2,1-5H3. The number of hydrogen-bond donors (Lipinski definition) is 0. The Hall–Kier alpha value is -3.34. The van der Waals surface area contributed by atoms with E-state index in [1.807, 2.05) is 22.8 Å². The van der Waals surface area contributed by atoms with Crippen LogP contribution in [0.25, 0.3) is 11.3 Å². The van der Waals surface area contributed by atoms with Crippen molar-refractivity contribution >= 4 is 17.1 Å². The zero-order valence-corrected chi connectivity index (χ0v) is 18.4. The Balaban J connectivity index is 1.30. The molecule has 0 aromatic carbocycles. The van der Waals surface area contributed by atoms with Crippen molar-refractivity contribution in [3.8, 4) is 0 Å². The fourth-order valence-electron chi connectivity index (χ4n) is 3.81. The average Bonchev–Trinajstić information content (AvgIpc) is 3.27. The first-order valence-corrected chi connectivity index (χ1v) is 10.3. The molecule has 0 saturated carbocycles. The zero-order chi connectivity index (χ0) is 21.9. The van der Waals surface area contributed by atoms with Gasteiger partial charge in [0, 0.05) is 44.0 Å². The molecule has 31 heavy (non-hydrogen) atoms. The summed E-state index contributed by atoms with van der Waals surface area (Å²) in [5, 5.41) is 21.6. The summed E-state index contributed by atoms with van der Waals surface area (Å²) in [6.45, 7) is 8.66. The third-order valence-corrected chi connectivity index (χ3v) is 5.84. The number of aromatic nitrogens is 8. The van der Waals surface area contributed by atoms with Gasteiger partial charge in [0.05, 0.1) is 6.54 Å². The van der Waals surface area contributed by atoms with Crippen molar-refractivity contribution in [3.05, 3.63) is 46.5 Å². The second kappa shape index (κ2) is 6.84. The van der Waals surface area contributed by atoms with Crippen molar-refractivity contribution < 1.29 is 0 Å². The van der Waals surface area contributed by atoms with E-state index < -0.39 is 0 Å². The molecule has 0 amide bonds. The molecule has 4 aromatic rings. The van der Waals surface area contributed by atoms with E-state index in [0.717, 1.165) is 36.2 Å². The highest BCUT2D eigenvalue weighted by atomic mass is 16.1. The molecule has 1 aliphatic rings. The summed E-state index contributed by atoms with van der Waals surface area (Å²) in [4.78, 5) is 16.7. The van der Waals surface area contributed by atoms with E-state index in [1.165, 1.54) is 4.57 Å². The van der Waals surface area contributed by atoms with Crippen LogP contribution < -0.4 is 10.5 Å². The third kappa shape index (κ3) is 3.25. The van der Waals surface area contributed by atoms with Gasteiger partial charge in [0.1, 0.15) is 5.82 Å². The van der Waals surface area contributed by atoms with E-state index in [9.17, 15) is 4.79 Å². The monoisotopic (exact) mass is 422 g/mol. The van der Waals surface area contributed by atoms with Crippen LogP contribution in [-0.4, -0.2) is 70.1 Å². The third-order valence-electron chi connectivity index (χ3n) is 5.84. The van der Waals surface area contributed by atoms with Gasteiger partial charge in [-0.25, -0.2) is 0 Å². The van der Waals surface area contributed by atoms with Crippen molar-refractivity contribution in [2.75, 3.05) is 25.0 Å². The van der Waals surface area contributed by atoms with E-state index in [2.05, 4.69) is 58.0 Å². The lowest BCUT2D eigenvalue weighted by Gasteiger charge is -2.44. The highest BCUT2D eigenvalue weighted by molar-refractivity contribution is 5.48. The van der Waals surface area contributed by atoms with E-state index in [4.69, 9.17) is 5.10 Å². The van der Waals surface area contributed by atoms with Crippen molar-refractivity contribution in [1.82, 2.24) is 43.9 Å². The smallest absolute Gasteiger partial charge is 0.295 e. The van der Waals surface area contributed by atoms with Crippen molar-refractivity contribution in [2.24, 2.45) is 7.05 Å². The van der Waals surface area contributed by atoms with Gasteiger partial charge >= 0.3 is 0 Å². The predicted octanol–water partition coefficient (Wildman–Crippen LogP) is 0.484. The number of rotatable bonds is 4. The molecule has 0 N–H and O–H groups in total. The molecule has 0 radical (unpaired) electrons. The highest BCUT2D eigenvalue weighted by Gasteiger charge is 2.32. The minimum absolute atomic E-state index is 0.134. The average molecular weight is 422 g/mol. The van der Waals surface area contributed by atoms with Crippen LogP contribution in [0.1, 0.15) is 32.4 Å². The number of fused-ring (bicyclic) bond motifs is 2. The first kappa shape index (κ1) is 19.6. The number of aryl methyl sites for hydroxylation is 1. The summed E-state index contributed by atoms with van der Waals surface area (Å²) >= 11 is 0. The molecule has 11 heteroatoms. The minimum Gasteiger partial charge on any atom is -0.352 e. The van der Waals surface area contributed by atoms with Gasteiger partial charge in [-0.1, -0.05) is 20.8 Å². The summed E-state index contributed by atoms with van der Waals surface area (Å²) in [6.07, 6.45) is 3.56. The predicted molar refractivity (Wildman–Crippen MR) is 115 cm³/mol. The van der Waals surface area contributed by atoms with Gasteiger partial charge in [0.15, 0.2) is 17.3 Å². The van der Waals surface area contributed by atoms with Gasteiger partial charge in [-0.15, -0.1) is 25.5 Å². The molecule has 4 aromatic heterocycles. The van der Waals surface area contributed by atoms with E-state index >= 15 is 0 Å². The van der Waals surface area contributed by atoms with Gasteiger partial charge in [0.2, 0.25) is 5.65 Å². The topological polar surface area (TPSA) is 102 Å². The molecule has 1 saturated heterocycles. The Morgan fingerprint density at radius 2 is 1.87 bits per heavy atom. The largest absolute Gasteiger partial charge is 0.352 e. The zero-order valence-electron chi connectivity index (χ0n) is 18.4. The molecule has 5 heterocycles. The van der Waals surface area contributed by atoms with Crippen LogP contribution in [0, 0.1) is 0 Å². The van der Waals surface area contributed by atoms with Crippen LogP contribution in [0.3, 0.4) is 0 Å². The lowest BCUT2D eigenvalue weighted by molar-refractivity contribution is 0.191. The lowest BCUT2D eigenvalue weighted by Crippen LogP contribution is -2.58. The molecule has 1 aliphatic heterocycles. The molecule has 5 rings (SSSR count). The van der Waals surface area contributed by atoms with Crippen molar-refractivity contribution in [1.29, 1.82) is 0 Å².